The highest BCUT2D eigenvalue weighted by Gasteiger charge is 2.17. The number of rotatable bonds is 1. The van der Waals surface area contributed by atoms with Crippen LogP contribution in [0.25, 0.3) is 0 Å². The fourth-order valence-electron chi connectivity index (χ4n) is 1.76. The number of aryl methyl sites for hydroxylation is 1. The van der Waals surface area contributed by atoms with Gasteiger partial charge in [0.2, 0.25) is 0 Å². The molecule has 12 heavy (non-hydrogen) atoms. The molecule has 0 amide bonds. The largest absolute Gasteiger partial charge is 0.345 e. The number of H-pyrrole nitrogens is 1. The number of likely N-dealkylation sites (N-methyl/N-ethyl adjacent to an activating group) is 1. The molecule has 2 rings (SSSR count). The molecule has 1 aliphatic rings. The van der Waals surface area contributed by atoms with Crippen LogP contribution in [0.4, 0.5) is 0 Å². The van der Waals surface area contributed by atoms with Crippen LogP contribution in [0.15, 0.2) is 0 Å². The second-order valence-electron chi connectivity index (χ2n) is 3.37. The summed E-state index contributed by atoms with van der Waals surface area (Å²) in [5.74, 6) is 1.05. The van der Waals surface area contributed by atoms with E-state index in [0.717, 1.165) is 31.9 Å². The van der Waals surface area contributed by atoms with Gasteiger partial charge in [0.05, 0.1) is 11.4 Å². The summed E-state index contributed by atoms with van der Waals surface area (Å²) in [6, 6.07) is 0. The Bertz CT molecular complexity index is 277. The molecule has 1 N–H and O–H groups in total. The third-order valence-electron chi connectivity index (χ3n) is 2.48. The smallest absolute Gasteiger partial charge is 0.103 e. The molecule has 0 fully saturated rings. The van der Waals surface area contributed by atoms with Crippen LogP contribution in [-0.2, 0) is 13.0 Å². The van der Waals surface area contributed by atoms with Crippen LogP contribution < -0.4 is 0 Å². The Kier molecular flexibility index (Phi) is 1.89. The number of fused-ring (bicyclic) bond motifs is 1. The molecule has 3 heteroatoms. The zero-order valence-corrected chi connectivity index (χ0v) is 7.72. The van der Waals surface area contributed by atoms with Crippen molar-refractivity contribution < 1.29 is 0 Å². The Morgan fingerprint density at radius 3 is 3.17 bits per heavy atom. The maximum absolute atomic E-state index is 4.44. The van der Waals surface area contributed by atoms with Crippen molar-refractivity contribution in [2.24, 2.45) is 0 Å². The van der Waals surface area contributed by atoms with Crippen molar-refractivity contribution in [3.63, 3.8) is 0 Å². The van der Waals surface area contributed by atoms with Crippen molar-refractivity contribution >= 4 is 0 Å². The molecule has 1 aliphatic heterocycles. The molecular weight excluding hydrogens is 150 g/mol. The van der Waals surface area contributed by atoms with E-state index >= 15 is 0 Å². The van der Waals surface area contributed by atoms with Gasteiger partial charge < -0.3 is 4.98 Å². The Labute approximate surface area is 72.8 Å². The van der Waals surface area contributed by atoms with Crippen LogP contribution in [0.2, 0.25) is 0 Å². The molecule has 3 nitrogen and oxygen atoms in total. The molecule has 0 saturated heterocycles. The lowest BCUT2D eigenvalue weighted by atomic mass is 10.1. The normalized spacial score (nSPS) is 17.8. The predicted molar refractivity (Wildman–Crippen MR) is 48.0 cm³/mol. The molecule has 66 valence electrons. The second kappa shape index (κ2) is 2.90. The maximum atomic E-state index is 4.44. The highest BCUT2D eigenvalue weighted by Crippen LogP contribution is 2.15. The van der Waals surface area contributed by atoms with Crippen LogP contribution in [0.3, 0.4) is 0 Å². The quantitative estimate of drug-likeness (QED) is 0.675. The van der Waals surface area contributed by atoms with E-state index in [4.69, 9.17) is 0 Å². The topological polar surface area (TPSA) is 31.9 Å². The molecule has 1 aromatic heterocycles. The first-order valence-corrected chi connectivity index (χ1v) is 4.56. The van der Waals surface area contributed by atoms with E-state index in [1.54, 1.807) is 0 Å². The van der Waals surface area contributed by atoms with Gasteiger partial charge >= 0.3 is 0 Å². The Hall–Kier alpha value is -0.830. The first kappa shape index (κ1) is 7.80. The summed E-state index contributed by atoms with van der Waals surface area (Å²) in [6.45, 7) is 7.57. The average molecular weight is 165 g/mol. The Morgan fingerprint density at radius 2 is 2.42 bits per heavy atom. The molecule has 0 saturated carbocycles. The molecule has 0 atom stereocenters. The molecule has 0 aliphatic carbocycles. The van der Waals surface area contributed by atoms with E-state index in [9.17, 15) is 0 Å². The first-order chi connectivity index (χ1) is 5.79. The second-order valence-corrected chi connectivity index (χ2v) is 3.37. The average Bonchev–Trinajstić information content (AvgIpc) is 2.43. The van der Waals surface area contributed by atoms with Crippen LogP contribution in [0, 0.1) is 6.92 Å². The zero-order valence-electron chi connectivity index (χ0n) is 7.72. The summed E-state index contributed by atoms with van der Waals surface area (Å²) < 4.78 is 0. The van der Waals surface area contributed by atoms with Gasteiger partial charge in [0.25, 0.3) is 0 Å². The Balaban J connectivity index is 2.22. The van der Waals surface area contributed by atoms with Gasteiger partial charge in [0, 0.05) is 19.5 Å². The van der Waals surface area contributed by atoms with Gasteiger partial charge in [-0.1, -0.05) is 6.92 Å². The van der Waals surface area contributed by atoms with Gasteiger partial charge in [-0.25, -0.2) is 4.98 Å². The molecular formula is C9H15N3. The van der Waals surface area contributed by atoms with Gasteiger partial charge in [0.15, 0.2) is 0 Å². The highest BCUT2D eigenvalue weighted by atomic mass is 15.1. The van der Waals surface area contributed by atoms with Crippen molar-refractivity contribution in [1.29, 1.82) is 0 Å². The number of aromatic nitrogens is 2. The molecule has 2 heterocycles. The fraction of sp³-hybridized carbons (Fsp3) is 0.667. The third kappa shape index (κ3) is 1.25. The number of nitrogens with zero attached hydrogens (tertiary/aromatic N) is 2. The highest BCUT2D eigenvalue weighted by molar-refractivity contribution is 5.17. The van der Waals surface area contributed by atoms with Gasteiger partial charge in [0.1, 0.15) is 5.82 Å². The van der Waals surface area contributed by atoms with E-state index in [1.165, 1.54) is 11.4 Å². The molecule has 0 unspecified atom stereocenters. The van der Waals surface area contributed by atoms with E-state index in [0.29, 0.717) is 0 Å². The lowest BCUT2D eigenvalue weighted by Gasteiger charge is -2.23. The van der Waals surface area contributed by atoms with Crippen molar-refractivity contribution in [2.75, 3.05) is 13.1 Å². The first-order valence-electron chi connectivity index (χ1n) is 4.56. The summed E-state index contributed by atoms with van der Waals surface area (Å²) in [4.78, 5) is 10.2. The van der Waals surface area contributed by atoms with Crippen LogP contribution in [0.5, 0.6) is 0 Å². The number of imidazole rings is 1. The van der Waals surface area contributed by atoms with Crippen molar-refractivity contribution in [1.82, 2.24) is 14.9 Å². The number of hydrogen-bond acceptors (Lipinski definition) is 2. The molecule has 1 aromatic rings. The van der Waals surface area contributed by atoms with E-state index in [-0.39, 0.29) is 0 Å². The third-order valence-corrected chi connectivity index (χ3v) is 2.48. The lowest BCUT2D eigenvalue weighted by Crippen LogP contribution is -2.30. The number of hydrogen-bond donors (Lipinski definition) is 1. The van der Waals surface area contributed by atoms with Crippen molar-refractivity contribution in [3.05, 3.63) is 17.2 Å². The summed E-state index contributed by atoms with van der Waals surface area (Å²) >= 11 is 0. The van der Waals surface area contributed by atoms with E-state index in [1.807, 2.05) is 6.92 Å². The molecule has 0 aromatic carbocycles. The van der Waals surface area contributed by atoms with Gasteiger partial charge in [-0.05, 0) is 13.5 Å². The van der Waals surface area contributed by atoms with E-state index in [2.05, 4.69) is 21.8 Å². The minimum absolute atomic E-state index is 1.05. The van der Waals surface area contributed by atoms with E-state index < -0.39 is 0 Å². The van der Waals surface area contributed by atoms with Gasteiger partial charge in [-0.15, -0.1) is 0 Å². The summed E-state index contributed by atoms with van der Waals surface area (Å²) in [6.07, 6.45) is 1.10. The van der Waals surface area contributed by atoms with Crippen molar-refractivity contribution in [3.8, 4) is 0 Å². The number of aromatic amines is 1. The summed E-state index contributed by atoms with van der Waals surface area (Å²) in [5.41, 5.74) is 2.60. The minimum Gasteiger partial charge on any atom is -0.345 e. The minimum atomic E-state index is 1.05. The predicted octanol–water partition coefficient (Wildman–Crippen LogP) is 1.10. The summed E-state index contributed by atoms with van der Waals surface area (Å²) in [5, 5.41) is 0. The molecule has 0 spiro atoms. The van der Waals surface area contributed by atoms with Gasteiger partial charge in [-0.3, -0.25) is 4.90 Å². The lowest BCUT2D eigenvalue weighted by molar-refractivity contribution is 0.263. The molecule has 0 bridgehead atoms. The van der Waals surface area contributed by atoms with Crippen LogP contribution >= 0.6 is 0 Å². The standard InChI is InChI=1S/C9H15N3/c1-3-12-5-4-8-9(6-12)11-7(2)10-8/h3-6H2,1-2H3,(H,10,11). The molecule has 0 radical (unpaired) electrons. The Morgan fingerprint density at radius 1 is 1.58 bits per heavy atom. The SMILES string of the molecule is CCN1CCc2nc(C)[nH]c2C1. The summed E-state index contributed by atoms with van der Waals surface area (Å²) in [7, 11) is 0. The maximum Gasteiger partial charge on any atom is 0.103 e. The monoisotopic (exact) mass is 165 g/mol. The number of nitrogens with one attached hydrogen (secondary N) is 1. The van der Waals surface area contributed by atoms with Crippen LogP contribution in [-0.4, -0.2) is 28.0 Å². The zero-order chi connectivity index (χ0) is 8.55. The van der Waals surface area contributed by atoms with Crippen LogP contribution in [0.1, 0.15) is 24.1 Å². The van der Waals surface area contributed by atoms with Gasteiger partial charge in [-0.2, -0.15) is 0 Å². The fourth-order valence-corrected chi connectivity index (χ4v) is 1.76. The van der Waals surface area contributed by atoms with Crippen molar-refractivity contribution in [2.45, 2.75) is 26.8 Å².